The number of aromatic nitrogens is 4. The first kappa shape index (κ1) is 22.1. The number of ether oxygens (including phenoxy) is 1. The third-order valence-electron chi connectivity index (χ3n) is 6.48. The number of imidazole rings is 1. The van der Waals surface area contributed by atoms with E-state index in [0.717, 1.165) is 47.9 Å². The molecule has 1 N–H and O–H groups in total. The lowest BCUT2D eigenvalue weighted by atomic mass is 10.0. The van der Waals surface area contributed by atoms with Gasteiger partial charge in [-0.2, -0.15) is 9.97 Å². The summed E-state index contributed by atoms with van der Waals surface area (Å²) >= 11 is 0. The molecule has 0 bridgehead atoms. The second-order valence-electron chi connectivity index (χ2n) is 9.29. The van der Waals surface area contributed by atoms with Gasteiger partial charge in [0.2, 0.25) is 5.95 Å². The summed E-state index contributed by atoms with van der Waals surface area (Å²) in [7, 11) is 0. The van der Waals surface area contributed by atoms with Gasteiger partial charge in [0.15, 0.2) is 17.0 Å². The third-order valence-corrected chi connectivity index (χ3v) is 6.48. The van der Waals surface area contributed by atoms with Gasteiger partial charge in [-0.05, 0) is 67.8 Å². The van der Waals surface area contributed by atoms with Crippen LogP contribution in [0.25, 0.3) is 11.2 Å². The zero-order chi connectivity index (χ0) is 24.5. The lowest BCUT2D eigenvalue weighted by Gasteiger charge is -2.29. The molecule has 0 spiro atoms. The number of hydrogen-bond donors (Lipinski definition) is 1. The van der Waals surface area contributed by atoms with E-state index in [1.165, 1.54) is 11.1 Å². The number of nitrogens with zero attached hydrogens (tertiary/aromatic N) is 5. The maximum Gasteiger partial charge on any atom is 0.229 e. The molecule has 0 radical (unpaired) electrons. The van der Waals surface area contributed by atoms with Gasteiger partial charge in [-0.3, -0.25) is 0 Å². The predicted molar refractivity (Wildman–Crippen MR) is 143 cm³/mol. The van der Waals surface area contributed by atoms with Crippen LogP contribution >= 0.6 is 0 Å². The van der Waals surface area contributed by atoms with E-state index < -0.39 is 0 Å². The van der Waals surface area contributed by atoms with Gasteiger partial charge in [0, 0.05) is 24.8 Å². The number of rotatable bonds is 6. The molecule has 1 aliphatic rings. The van der Waals surface area contributed by atoms with E-state index in [2.05, 4.69) is 57.9 Å². The molecule has 0 atom stereocenters. The van der Waals surface area contributed by atoms with Crippen molar-refractivity contribution in [1.82, 2.24) is 19.5 Å². The highest BCUT2D eigenvalue weighted by molar-refractivity contribution is 5.86. The minimum absolute atomic E-state index is 0.238. The first-order valence-corrected chi connectivity index (χ1v) is 12.3. The van der Waals surface area contributed by atoms with Gasteiger partial charge in [-0.1, -0.05) is 42.5 Å². The van der Waals surface area contributed by atoms with E-state index in [4.69, 9.17) is 14.7 Å². The molecule has 3 heterocycles. The Bertz CT molecular complexity index is 1490. The predicted octanol–water partition coefficient (Wildman–Crippen LogP) is 6.51. The molecule has 2 aromatic heterocycles. The Kier molecular flexibility index (Phi) is 5.73. The fourth-order valence-corrected chi connectivity index (χ4v) is 4.55. The largest absolute Gasteiger partial charge is 0.457 e. The van der Waals surface area contributed by atoms with Crippen molar-refractivity contribution in [3.05, 3.63) is 96.3 Å². The summed E-state index contributed by atoms with van der Waals surface area (Å²) in [4.78, 5) is 16.8. The van der Waals surface area contributed by atoms with E-state index >= 15 is 0 Å². The first-order valence-electron chi connectivity index (χ1n) is 12.3. The second-order valence-corrected chi connectivity index (χ2v) is 9.29. The monoisotopic (exact) mass is 476 g/mol. The molecule has 7 heteroatoms. The van der Waals surface area contributed by atoms with Crippen molar-refractivity contribution in [3.8, 4) is 11.5 Å². The van der Waals surface area contributed by atoms with E-state index in [-0.39, 0.29) is 6.04 Å². The highest BCUT2D eigenvalue weighted by atomic mass is 16.5. The molecular weight excluding hydrogens is 448 g/mol. The van der Waals surface area contributed by atoms with Crippen LogP contribution in [0.3, 0.4) is 0 Å². The summed E-state index contributed by atoms with van der Waals surface area (Å²) in [5.41, 5.74) is 5.23. The first-order chi connectivity index (χ1) is 17.6. The molecule has 5 aromatic rings. The molecule has 6 rings (SSSR count). The van der Waals surface area contributed by atoms with Crippen LogP contribution in [0.15, 0.2) is 85.2 Å². The molecule has 0 saturated carbocycles. The Labute approximate surface area is 210 Å². The van der Waals surface area contributed by atoms with Gasteiger partial charge >= 0.3 is 0 Å². The highest BCUT2D eigenvalue weighted by Crippen LogP contribution is 2.30. The van der Waals surface area contributed by atoms with Crippen LogP contribution in [0.5, 0.6) is 11.5 Å². The van der Waals surface area contributed by atoms with Crippen LogP contribution in [0.2, 0.25) is 0 Å². The normalized spacial score (nSPS) is 13.1. The number of fused-ring (bicyclic) bond motifs is 2. The molecule has 1 aliphatic heterocycles. The van der Waals surface area contributed by atoms with Gasteiger partial charge in [-0.15, -0.1) is 0 Å². The van der Waals surface area contributed by atoms with E-state index in [0.29, 0.717) is 11.8 Å². The quantitative estimate of drug-likeness (QED) is 0.301. The van der Waals surface area contributed by atoms with Crippen LogP contribution in [0, 0.1) is 0 Å². The number of nitrogens with one attached hydrogen (secondary N) is 1. The molecule has 36 heavy (non-hydrogen) atoms. The van der Waals surface area contributed by atoms with Crippen molar-refractivity contribution in [2.75, 3.05) is 16.8 Å². The molecule has 0 fully saturated rings. The van der Waals surface area contributed by atoms with E-state index in [9.17, 15) is 0 Å². The van der Waals surface area contributed by atoms with Crippen LogP contribution in [-0.4, -0.2) is 26.1 Å². The molecule has 0 saturated heterocycles. The molecule has 0 unspecified atom stereocenters. The Morgan fingerprint density at radius 3 is 2.33 bits per heavy atom. The van der Waals surface area contributed by atoms with Crippen molar-refractivity contribution < 1.29 is 4.74 Å². The number of anilines is 3. The van der Waals surface area contributed by atoms with Gasteiger partial charge in [-0.25, -0.2) is 4.98 Å². The van der Waals surface area contributed by atoms with Crippen molar-refractivity contribution in [2.24, 2.45) is 0 Å². The number of hydrogen-bond acceptors (Lipinski definition) is 6. The zero-order valence-electron chi connectivity index (χ0n) is 20.4. The Morgan fingerprint density at radius 1 is 0.833 bits per heavy atom. The van der Waals surface area contributed by atoms with Crippen LogP contribution in [0.1, 0.15) is 31.0 Å². The van der Waals surface area contributed by atoms with Crippen LogP contribution in [0.4, 0.5) is 17.5 Å². The molecule has 0 aliphatic carbocycles. The van der Waals surface area contributed by atoms with Crippen molar-refractivity contribution in [3.63, 3.8) is 0 Å². The smallest absolute Gasteiger partial charge is 0.229 e. The standard InChI is InChI=1S/C29H28N6O/c1-20(2)35-19-30-26-27(31-23-12-14-25(15-13-23)36-24-10-4-3-5-11-24)32-29(33-28(26)35)34-17-16-21-8-6-7-9-22(21)18-34/h3-15,19-20H,16-18H2,1-2H3,(H,31,32,33). The second kappa shape index (κ2) is 9.34. The Hall–Kier alpha value is -4.39. The zero-order valence-corrected chi connectivity index (χ0v) is 20.4. The van der Waals surface area contributed by atoms with Gasteiger partial charge in [0.1, 0.15) is 11.5 Å². The average Bonchev–Trinajstić information content (AvgIpc) is 3.35. The minimum atomic E-state index is 0.238. The van der Waals surface area contributed by atoms with Gasteiger partial charge < -0.3 is 19.5 Å². The molecule has 180 valence electrons. The summed E-state index contributed by atoms with van der Waals surface area (Å²) in [6.07, 6.45) is 2.83. The topological polar surface area (TPSA) is 68.1 Å². The SMILES string of the molecule is CC(C)n1cnc2c(Nc3ccc(Oc4ccccc4)cc3)nc(N3CCc4ccccc4C3)nc21. The number of benzene rings is 3. The Balaban J connectivity index is 1.32. The third kappa shape index (κ3) is 4.35. The van der Waals surface area contributed by atoms with Gasteiger partial charge in [0.05, 0.1) is 6.33 Å². The fourth-order valence-electron chi connectivity index (χ4n) is 4.55. The lowest BCUT2D eigenvalue weighted by molar-refractivity contribution is 0.483. The fraction of sp³-hybridized carbons (Fsp3) is 0.207. The van der Waals surface area contributed by atoms with E-state index in [1.54, 1.807) is 0 Å². The summed E-state index contributed by atoms with van der Waals surface area (Å²) in [5.74, 6) is 3.00. The molecular formula is C29H28N6O. The Morgan fingerprint density at radius 2 is 1.56 bits per heavy atom. The lowest BCUT2D eigenvalue weighted by Crippen LogP contribution is -2.32. The number of para-hydroxylation sites is 1. The molecule has 3 aromatic carbocycles. The summed E-state index contributed by atoms with van der Waals surface area (Å²) in [6.45, 7) is 5.95. The minimum Gasteiger partial charge on any atom is -0.457 e. The average molecular weight is 477 g/mol. The highest BCUT2D eigenvalue weighted by Gasteiger charge is 2.22. The summed E-state index contributed by atoms with van der Waals surface area (Å²) < 4.78 is 8.03. The van der Waals surface area contributed by atoms with Crippen LogP contribution < -0.4 is 15.0 Å². The molecule has 7 nitrogen and oxygen atoms in total. The maximum absolute atomic E-state index is 5.93. The summed E-state index contributed by atoms with van der Waals surface area (Å²) in [5, 5.41) is 3.48. The van der Waals surface area contributed by atoms with Crippen molar-refractivity contribution in [2.45, 2.75) is 32.9 Å². The van der Waals surface area contributed by atoms with Gasteiger partial charge in [0.25, 0.3) is 0 Å². The maximum atomic E-state index is 5.93. The van der Waals surface area contributed by atoms with Crippen molar-refractivity contribution in [1.29, 1.82) is 0 Å². The van der Waals surface area contributed by atoms with Crippen LogP contribution in [-0.2, 0) is 13.0 Å². The van der Waals surface area contributed by atoms with Crippen molar-refractivity contribution >= 4 is 28.6 Å². The summed E-state index contributed by atoms with van der Waals surface area (Å²) in [6, 6.07) is 26.5. The molecule has 0 amide bonds. The van der Waals surface area contributed by atoms with E-state index in [1.807, 2.05) is 60.9 Å².